The van der Waals surface area contributed by atoms with E-state index in [9.17, 15) is 13.6 Å². The van der Waals surface area contributed by atoms with Crippen LogP contribution in [-0.2, 0) is 11.5 Å². The van der Waals surface area contributed by atoms with Crippen molar-refractivity contribution in [1.82, 2.24) is 9.55 Å². The Morgan fingerprint density at radius 1 is 1.29 bits per heavy atom. The predicted octanol–water partition coefficient (Wildman–Crippen LogP) is 6.53. The fraction of sp³-hybridized carbons (Fsp3) is 0.300. The highest BCUT2D eigenvalue weighted by Crippen LogP contribution is 2.37. The van der Waals surface area contributed by atoms with Crippen molar-refractivity contribution in [3.05, 3.63) is 47.2 Å². The molecule has 0 aliphatic heterocycles. The second-order valence-electron chi connectivity index (χ2n) is 8.10. The number of halogens is 3. The molecule has 1 N–H and O–H groups in total. The molecule has 3 aromatic rings. The molecule has 166 valence electrons. The molecule has 0 fully saturated rings. The molecule has 1 amide bonds. The van der Waals surface area contributed by atoms with E-state index >= 15 is 0 Å². The molecule has 6 nitrogen and oxygen atoms in total. The number of ether oxygens (including phenoxy) is 2. The molecule has 0 aliphatic carbocycles. The minimum atomic E-state index is -1.21. The molecule has 0 atom stereocenters. The van der Waals surface area contributed by atoms with Gasteiger partial charge in [0.25, 0.3) is 5.24 Å². The second kappa shape index (κ2) is 9.56. The summed E-state index contributed by atoms with van der Waals surface area (Å²) in [5.41, 5.74) is 0.386. The average Bonchev–Trinajstić information content (AvgIpc) is 2.97. The zero-order valence-corrected chi connectivity index (χ0v) is 19.9. The Kier molecular flexibility index (Phi) is 7.25. The molecule has 0 unspecified atom stereocenters. The van der Waals surface area contributed by atoms with Gasteiger partial charge < -0.3 is 19.4 Å². The number of nitrogens with zero attached hydrogens (tertiary/aromatic N) is 2. The van der Waals surface area contributed by atoms with Crippen LogP contribution in [0.15, 0.2) is 30.6 Å². The molecule has 0 bridgehead atoms. The maximum absolute atomic E-state index is 14.4. The summed E-state index contributed by atoms with van der Waals surface area (Å²) in [6.07, 6.45) is 3.09. The molecule has 0 aliphatic rings. The lowest BCUT2D eigenvalue weighted by Gasteiger charge is -2.15. The second-order valence-corrected chi connectivity index (χ2v) is 14.5. The largest absolute Gasteiger partial charge is 0.450 e. The maximum atomic E-state index is 14.4. The molecule has 2 heterocycles. The van der Waals surface area contributed by atoms with Crippen molar-refractivity contribution in [2.75, 3.05) is 11.9 Å². The van der Waals surface area contributed by atoms with E-state index in [2.05, 4.69) is 42.6 Å². The molecule has 0 saturated heterocycles. The van der Waals surface area contributed by atoms with Gasteiger partial charge in [0.1, 0.15) is 18.1 Å². The number of amides is 1. The molecular weight excluding hydrogens is 464 g/mol. The number of rotatable bonds is 8. The predicted molar refractivity (Wildman–Crippen MR) is 123 cm³/mol. The number of aromatic nitrogens is 2. The number of hydrogen-bond donors (Lipinski definition) is 2. The van der Waals surface area contributed by atoms with Gasteiger partial charge in [0, 0.05) is 44.9 Å². The molecule has 0 radical (unpaired) electrons. The first-order valence-electron chi connectivity index (χ1n) is 9.43. The van der Waals surface area contributed by atoms with E-state index in [1.165, 1.54) is 12.3 Å². The zero-order chi connectivity index (χ0) is 22.8. The van der Waals surface area contributed by atoms with E-state index in [0.29, 0.717) is 22.7 Å². The van der Waals surface area contributed by atoms with E-state index in [4.69, 9.17) is 21.1 Å². The van der Waals surface area contributed by atoms with Gasteiger partial charge >= 0.3 is 0 Å². The summed E-state index contributed by atoms with van der Waals surface area (Å²) >= 11 is 9.89. The number of fused-ring (bicyclic) bond motifs is 1. The summed E-state index contributed by atoms with van der Waals surface area (Å²) in [5.74, 6) is -2.47. The molecule has 31 heavy (non-hydrogen) atoms. The fourth-order valence-corrected chi connectivity index (χ4v) is 4.01. The Hall–Kier alpha value is -2.14. The summed E-state index contributed by atoms with van der Waals surface area (Å²) in [6.45, 7) is 7.65. The topological polar surface area (TPSA) is 65.4 Å². The average molecular weight is 486 g/mol. The normalized spacial score (nSPS) is 11.7. The lowest BCUT2D eigenvalue weighted by atomic mass is 10.2. The third kappa shape index (κ3) is 5.97. The van der Waals surface area contributed by atoms with E-state index in [0.717, 1.165) is 18.2 Å². The third-order valence-electron chi connectivity index (χ3n) is 4.36. The van der Waals surface area contributed by atoms with Crippen molar-refractivity contribution in [1.29, 1.82) is 0 Å². The smallest absolute Gasteiger partial charge is 0.280 e. The summed E-state index contributed by atoms with van der Waals surface area (Å²) in [6, 6.07) is 4.35. The minimum absolute atomic E-state index is 0.0816. The highest BCUT2D eigenvalue weighted by atomic mass is 35.5. The van der Waals surface area contributed by atoms with Crippen LogP contribution < -0.4 is 10.1 Å². The molecule has 1 aromatic carbocycles. The van der Waals surface area contributed by atoms with Crippen molar-refractivity contribution >= 4 is 54.3 Å². The quantitative estimate of drug-likeness (QED) is 0.216. The van der Waals surface area contributed by atoms with Crippen LogP contribution in [0.1, 0.15) is 0 Å². The van der Waals surface area contributed by atoms with Crippen LogP contribution in [0, 0.1) is 11.6 Å². The number of carbonyl (C=O) groups is 1. The lowest BCUT2D eigenvalue weighted by molar-refractivity contribution is 0.0899. The van der Waals surface area contributed by atoms with Gasteiger partial charge in [-0.2, -0.15) is 0 Å². The first-order chi connectivity index (χ1) is 14.5. The molecule has 11 heteroatoms. The number of hydrogen-bond acceptors (Lipinski definition) is 4. The number of anilines is 1. The van der Waals surface area contributed by atoms with Gasteiger partial charge in [-0.3, -0.25) is 4.79 Å². The monoisotopic (exact) mass is 485 g/mol. The Morgan fingerprint density at radius 3 is 2.58 bits per heavy atom. The first-order valence-corrected chi connectivity index (χ1v) is 14.0. The number of pyridine rings is 1. The maximum Gasteiger partial charge on any atom is 0.280 e. The Labute approximate surface area is 189 Å². The number of benzene rings is 1. The zero-order valence-electron chi connectivity index (χ0n) is 17.2. The van der Waals surface area contributed by atoms with Gasteiger partial charge in [0.05, 0.1) is 10.4 Å². The summed E-state index contributed by atoms with van der Waals surface area (Å²) in [7, 11) is -1.21. The van der Waals surface area contributed by atoms with Crippen LogP contribution in [0.2, 0.25) is 30.7 Å². The fourth-order valence-electron chi connectivity index (χ4n) is 2.83. The highest BCUT2D eigenvalue weighted by Gasteiger charge is 2.19. The van der Waals surface area contributed by atoms with Crippen molar-refractivity contribution in [2.45, 2.75) is 32.4 Å². The Bertz CT molecular complexity index is 1100. The van der Waals surface area contributed by atoms with E-state index in [1.54, 1.807) is 10.8 Å². The van der Waals surface area contributed by atoms with Crippen LogP contribution in [0.5, 0.6) is 11.5 Å². The minimum Gasteiger partial charge on any atom is -0.450 e. The van der Waals surface area contributed by atoms with Crippen LogP contribution in [0.4, 0.5) is 19.3 Å². The SMILES string of the molecule is C[Si](C)(C)CCOCn1cc(Cl)c2c(Oc3c(F)cc(NC(=O)S)cc3F)ccnc21. The van der Waals surface area contributed by atoms with E-state index < -0.39 is 30.7 Å². The summed E-state index contributed by atoms with van der Waals surface area (Å²) < 4.78 is 41.9. The van der Waals surface area contributed by atoms with Crippen molar-refractivity contribution in [3.63, 3.8) is 0 Å². The van der Waals surface area contributed by atoms with Crippen LogP contribution in [-0.4, -0.2) is 29.5 Å². The number of nitrogens with one attached hydrogen (secondary N) is 1. The van der Waals surface area contributed by atoms with Crippen molar-refractivity contribution in [3.8, 4) is 11.5 Å². The molecule has 0 saturated carbocycles. The molecule has 2 aromatic heterocycles. The van der Waals surface area contributed by atoms with Crippen LogP contribution >= 0.6 is 24.2 Å². The van der Waals surface area contributed by atoms with Gasteiger partial charge in [0.2, 0.25) is 0 Å². The van der Waals surface area contributed by atoms with Gasteiger partial charge in [0.15, 0.2) is 17.4 Å². The van der Waals surface area contributed by atoms with Gasteiger partial charge in [-0.25, -0.2) is 13.8 Å². The van der Waals surface area contributed by atoms with Crippen molar-refractivity contribution < 1.29 is 23.0 Å². The summed E-state index contributed by atoms with van der Waals surface area (Å²) in [5, 5.41) is 2.17. The van der Waals surface area contributed by atoms with E-state index in [1.807, 2.05) is 0 Å². The Balaban J connectivity index is 1.86. The van der Waals surface area contributed by atoms with E-state index in [-0.39, 0.29) is 18.2 Å². The Morgan fingerprint density at radius 2 is 1.97 bits per heavy atom. The summed E-state index contributed by atoms with van der Waals surface area (Å²) in [4.78, 5) is 15.3. The van der Waals surface area contributed by atoms with Crippen LogP contribution in [0.3, 0.4) is 0 Å². The van der Waals surface area contributed by atoms with Gasteiger partial charge in [-0.15, -0.1) is 0 Å². The molecule has 3 rings (SSSR count). The van der Waals surface area contributed by atoms with Crippen molar-refractivity contribution in [2.24, 2.45) is 0 Å². The molecule has 0 spiro atoms. The standard InChI is InChI=1S/C20H22ClF2N3O3SSi/c1-31(2,3)7-6-28-11-26-10-13(21)17-16(4-5-24-19(17)26)29-18-14(22)8-12(9-15(18)23)25-20(27)30/h4-5,8-10H,6-7,11H2,1-3H3,(H2,25,27,30). The lowest BCUT2D eigenvalue weighted by Crippen LogP contribution is -2.22. The van der Waals surface area contributed by atoms with Crippen LogP contribution in [0.25, 0.3) is 11.0 Å². The third-order valence-corrected chi connectivity index (χ3v) is 6.46. The first kappa shape index (κ1) is 23.5. The molecular formula is C20H22ClF2N3O3SSi. The van der Waals surface area contributed by atoms with Gasteiger partial charge in [-0.1, -0.05) is 43.9 Å². The number of thiol groups is 1. The number of carbonyl (C=O) groups excluding carboxylic acids is 1. The van der Waals surface area contributed by atoms with Gasteiger partial charge in [-0.05, 0) is 12.1 Å². The highest BCUT2D eigenvalue weighted by molar-refractivity contribution is 7.96.